The highest BCUT2D eigenvalue weighted by atomic mass is 16.5. The van der Waals surface area contributed by atoms with Crippen LogP contribution in [-0.4, -0.2) is 47.3 Å². The van der Waals surface area contributed by atoms with E-state index in [1.165, 1.54) is 12.8 Å². The zero-order valence-corrected chi connectivity index (χ0v) is 12.5. The van der Waals surface area contributed by atoms with Crippen molar-refractivity contribution in [2.45, 2.75) is 43.8 Å². The molecule has 0 amide bonds. The van der Waals surface area contributed by atoms with E-state index in [9.17, 15) is 9.90 Å². The van der Waals surface area contributed by atoms with Gasteiger partial charge in [-0.15, -0.1) is 0 Å². The van der Waals surface area contributed by atoms with Gasteiger partial charge in [0.25, 0.3) is 0 Å². The van der Waals surface area contributed by atoms with Crippen molar-refractivity contribution in [3.8, 4) is 5.75 Å². The molecule has 1 aromatic rings. The number of carbonyl (C=O) groups is 1. The van der Waals surface area contributed by atoms with Crippen molar-refractivity contribution >= 4 is 11.7 Å². The molecule has 1 saturated heterocycles. The molecule has 2 fully saturated rings. The molecule has 5 nitrogen and oxygen atoms in total. The number of carboxylic acids is 1. The fraction of sp³-hybridized carbons (Fsp3) is 0.562. The van der Waals surface area contributed by atoms with Crippen LogP contribution in [0.25, 0.3) is 0 Å². The van der Waals surface area contributed by atoms with E-state index in [4.69, 9.17) is 4.74 Å². The number of nitrogens with one attached hydrogen (secondary N) is 1. The third-order valence-corrected chi connectivity index (χ3v) is 4.54. The van der Waals surface area contributed by atoms with Gasteiger partial charge in [0.15, 0.2) is 0 Å². The lowest BCUT2D eigenvalue weighted by Crippen LogP contribution is -2.49. The molecule has 0 bridgehead atoms. The van der Waals surface area contributed by atoms with Gasteiger partial charge in [-0.3, -0.25) is 4.90 Å². The standard InChI is InChI=1S/C16H22N2O3/c1-11-9-16(15(19)20,10-18(11)13-6-7-13)17-12-4-3-5-14(8-12)21-2/h3-5,8,11,13,17H,6-7,9-10H2,1-2H3,(H,19,20). The van der Waals surface area contributed by atoms with Gasteiger partial charge < -0.3 is 15.2 Å². The van der Waals surface area contributed by atoms with E-state index in [2.05, 4.69) is 17.1 Å². The molecular formula is C16H22N2O3. The van der Waals surface area contributed by atoms with Crippen LogP contribution < -0.4 is 10.1 Å². The lowest BCUT2D eigenvalue weighted by atomic mass is 9.96. The highest BCUT2D eigenvalue weighted by Crippen LogP contribution is 2.39. The molecule has 1 aromatic carbocycles. The smallest absolute Gasteiger partial charge is 0.330 e. The van der Waals surface area contributed by atoms with Gasteiger partial charge in [-0.25, -0.2) is 4.79 Å². The van der Waals surface area contributed by atoms with Crippen molar-refractivity contribution in [3.05, 3.63) is 24.3 Å². The van der Waals surface area contributed by atoms with Gasteiger partial charge >= 0.3 is 5.97 Å². The zero-order chi connectivity index (χ0) is 15.0. The largest absolute Gasteiger partial charge is 0.497 e. The van der Waals surface area contributed by atoms with Crippen LogP contribution in [0.4, 0.5) is 5.69 Å². The highest BCUT2D eigenvalue weighted by molar-refractivity contribution is 5.84. The van der Waals surface area contributed by atoms with Crippen LogP contribution in [0.1, 0.15) is 26.2 Å². The first-order valence-corrected chi connectivity index (χ1v) is 7.45. The summed E-state index contributed by atoms with van der Waals surface area (Å²) in [4.78, 5) is 14.2. The van der Waals surface area contributed by atoms with Crippen LogP contribution in [0.15, 0.2) is 24.3 Å². The average Bonchev–Trinajstić information content (AvgIpc) is 3.24. The quantitative estimate of drug-likeness (QED) is 0.870. The number of anilines is 1. The van der Waals surface area contributed by atoms with Crippen molar-refractivity contribution in [2.75, 3.05) is 19.0 Å². The summed E-state index contributed by atoms with van der Waals surface area (Å²) in [7, 11) is 1.61. The molecule has 1 heterocycles. The van der Waals surface area contributed by atoms with Crippen LogP contribution in [0.5, 0.6) is 5.75 Å². The summed E-state index contributed by atoms with van der Waals surface area (Å²) in [6, 6.07) is 8.33. The Labute approximate surface area is 124 Å². The van der Waals surface area contributed by atoms with Crippen molar-refractivity contribution in [3.63, 3.8) is 0 Å². The fourth-order valence-corrected chi connectivity index (χ4v) is 3.32. The van der Waals surface area contributed by atoms with Gasteiger partial charge in [0, 0.05) is 30.4 Å². The number of benzene rings is 1. The molecule has 3 rings (SSSR count). The SMILES string of the molecule is COc1cccc(NC2(C(=O)O)CC(C)N(C3CC3)C2)c1. The first kappa shape index (κ1) is 14.2. The van der Waals surface area contributed by atoms with Crippen molar-refractivity contribution < 1.29 is 14.6 Å². The summed E-state index contributed by atoms with van der Waals surface area (Å²) in [5.41, 5.74) is -0.115. The minimum absolute atomic E-state index is 0.298. The van der Waals surface area contributed by atoms with Crippen LogP contribution >= 0.6 is 0 Å². The Morgan fingerprint density at radius 2 is 2.24 bits per heavy atom. The summed E-state index contributed by atoms with van der Waals surface area (Å²) >= 11 is 0. The summed E-state index contributed by atoms with van der Waals surface area (Å²) < 4.78 is 5.21. The Hall–Kier alpha value is -1.75. The molecule has 1 saturated carbocycles. The maximum atomic E-state index is 11.9. The minimum Gasteiger partial charge on any atom is -0.497 e. The van der Waals surface area contributed by atoms with E-state index in [1.54, 1.807) is 7.11 Å². The topological polar surface area (TPSA) is 61.8 Å². The van der Waals surface area contributed by atoms with Crippen LogP contribution in [-0.2, 0) is 4.79 Å². The summed E-state index contributed by atoms with van der Waals surface area (Å²) in [5.74, 6) is -0.0500. The minimum atomic E-state index is -0.908. The van der Waals surface area contributed by atoms with Gasteiger partial charge in [0.05, 0.1) is 7.11 Å². The lowest BCUT2D eigenvalue weighted by molar-refractivity contribution is -0.141. The van der Waals surface area contributed by atoms with E-state index >= 15 is 0 Å². The van der Waals surface area contributed by atoms with Crippen LogP contribution in [0.3, 0.4) is 0 Å². The molecule has 0 radical (unpaired) electrons. The Bertz CT molecular complexity index is 544. The van der Waals surface area contributed by atoms with E-state index in [-0.39, 0.29) is 0 Å². The van der Waals surface area contributed by atoms with Gasteiger partial charge in [0.2, 0.25) is 0 Å². The molecule has 1 aliphatic heterocycles. The molecule has 21 heavy (non-hydrogen) atoms. The molecule has 2 N–H and O–H groups in total. The number of rotatable bonds is 5. The third kappa shape index (κ3) is 2.70. The summed E-state index contributed by atoms with van der Waals surface area (Å²) in [5, 5.41) is 13.0. The number of carboxylic acid groups (broad SMARTS) is 1. The second kappa shape index (κ2) is 5.22. The zero-order valence-electron chi connectivity index (χ0n) is 12.5. The fourth-order valence-electron chi connectivity index (χ4n) is 3.32. The maximum Gasteiger partial charge on any atom is 0.330 e. The molecule has 5 heteroatoms. The molecule has 114 valence electrons. The molecule has 2 atom stereocenters. The molecule has 2 aliphatic rings. The number of aliphatic carboxylic acids is 1. The normalized spacial score (nSPS) is 29.3. The predicted molar refractivity (Wildman–Crippen MR) is 80.8 cm³/mol. The van der Waals surface area contributed by atoms with Crippen LogP contribution in [0.2, 0.25) is 0 Å². The Morgan fingerprint density at radius 1 is 1.48 bits per heavy atom. The van der Waals surface area contributed by atoms with E-state index in [1.807, 2.05) is 24.3 Å². The average molecular weight is 290 g/mol. The van der Waals surface area contributed by atoms with Gasteiger partial charge in [-0.1, -0.05) is 6.07 Å². The molecule has 0 spiro atoms. The molecule has 2 unspecified atom stereocenters. The van der Waals surface area contributed by atoms with Crippen LogP contribution in [0, 0.1) is 0 Å². The van der Waals surface area contributed by atoms with Crippen molar-refractivity contribution in [1.82, 2.24) is 4.90 Å². The summed E-state index contributed by atoms with van der Waals surface area (Å²) in [6.45, 7) is 2.68. The number of nitrogens with zero attached hydrogens (tertiary/aromatic N) is 1. The van der Waals surface area contributed by atoms with Gasteiger partial charge in [-0.2, -0.15) is 0 Å². The number of hydrogen-bond donors (Lipinski definition) is 2. The maximum absolute atomic E-state index is 11.9. The molecule has 1 aliphatic carbocycles. The van der Waals surface area contributed by atoms with Crippen molar-refractivity contribution in [2.24, 2.45) is 0 Å². The first-order chi connectivity index (χ1) is 10.0. The van der Waals surface area contributed by atoms with E-state index in [0.717, 1.165) is 11.4 Å². The third-order valence-electron chi connectivity index (χ3n) is 4.54. The number of hydrogen-bond acceptors (Lipinski definition) is 4. The molecule has 0 aromatic heterocycles. The number of methoxy groups -OCH3 is 1. The summed E-state index contributed by atoms with van der Waals surface area (Å²) in [6.07, 6.45) is 3.01. The Kier molecular flexibility index (Phi) is 3.53. The lowest BCUT2D eigenvalue weighted by Gasteiger charge is -2.27. The van der Waals surface area contributed by atoms with Gasteiger partial charge in [0.1, 0.15) is 11.3 Å². The van der Waals surface area contributed by atoms with Crippen molar-refractivity contribution in [1.29, 1.82) is 0 Å². The monoisotopic (exact) mass is 290 g/mol. The van der Waals surface area contributed by atoms with Gasteiger partial charge in [-0.05, 0) is 38.3 Å². The Balaban J connectivity index is 1.83. The first-order valence-electron chi connectivity index (χ1n) is 7.45. The molecular weight excluding hydrogens is 268 g/mol. The predicted octanol–water partition coefficient (Wildman–Crippen LogP) is 2.19. The van der Waals surface area contributed by atoms with E-state index in [0.29, 0.717) is 25.0 Å². The number of likely N-dealkylation sites (tertiary alicyclic amines) is 1. The second-order valence-corrected chi connectivity index (χ2v) is 6.20. The number of ether oxygens (including phenoxy) is 1. The highest BCUT2D eigenvalue weighted by Gasteiger charge is 2.51. The Morgan fingerprint density at radius 3 is 2.86 bits per heavy atom. The van der Waals surface area contributed by atoms with E-state index < -0.39 is 11.5 Å². The second-order valence-electron chi connectivity index (χ2n) is 6.20.